The predicted octanol–water partition coefficient (Wildman–Crippen LogP) is 5.92. The summed E-state index contributed by atoms with van der Waals surface area (Å²) in [6.45, 7) is 1.93. The predicted molar refractivity (Wildman–Crippen MR) is 142 cm³/mol. The molecule has 5 rings (SSSR count). The van der Waals surface area contributed by atoms with Gasteiger partial charge in [-0.1, -0.05) is 18.1 Å². The van der Waals surface area contributed by atoms with Crippen LogP contribution in [0.2, 0.25) is 0 Å². The number of anilines is 5. The van der Waals surface area contributed by atoms with Crippen LogP contribution in [0.3, 0.4) is 0 Å². The summed E-state index contributed by atoms with van der Waals surface area (Å²) in [5.41, 5.74) is 3.84. The van der Waals surface area contributed by atoms with Crippen molar-refractivity contribution in [2.24, 2.45) is 0 Å². The van der Waals surface area contributed by atoms with E-state index >= 15 is 0 Å². The Bertz CT molecular complexity index is 1570. The summed E-state index contributed by atoms with van der Waals surface area (Å²) < 4.78 is 5.28. The Morgan fingerprint density at radius 1 is 1.03 bits per heavy atom. The van der Waals surface area contributed by atoms with Crippen molar-refractivity contribution in [2.75, 3.05) is 22.2 Å². The fourth-order valence-electron chi connectivity index (χ4n) is 4.26. The highest BCUT2D eigenvalue weighted by molar-refractivity contribution is 6.11. The van der Waals surface area contributed by atoms with Crippen molar-refractivity contribution in [2.45, 2.75) is 13.0 Å². The number of rotatable bonds is 5. The van der Waals surface area contributed by atoms with Crippen molar-refractivity contribution >= 4 is 34.9 Å². The van der Waals surface area contributed by atoms with Gasteiger partial charge < -0.3 is 10.1 Å². The first kappa shape index (κ1) is 23.4. The Hall–Kier alpha value is -5.34. The van der Waals surface area contributed by atoms with Crippen LogP contribution in [0.5, 0.6) is 5.75 Å². The van der Waals surface area contributed by atoms with E-state index in [9.17, 15) is 10.1 Å². The van der Waals surface area contributed by atoms with Crippen LogP contribution in [0.25, 0.3) is 0 Å². The van der Waals surface area contributed by atoms with Gasteiger partial charge in [0.15, 0.2) is 5.82 Å². The second-order valence-corrected chi connectivity index (χ2v) is 8.35. The molecule has 1 atom stereocenters. The van der Waals surface area contributed by atoms with E-state index in [-0.39, 0.29) is 12.1 Å². The van der Waals surface area contributed by atoms with E-state index in [1.165, 1.54) is 4.90 Å². The molecule has 0 radical (unpaired) electrons. The van der Waals surface area contributed by atoms with Gasteiger partial charge in [0.2, 0.25) is 5.95 Å². The largest absolute Gasteiger partial charge is 0.497 e. The van der Waals surface area contributed by atoms with E-state index in [4.69, 9.17) is 16.1 Å². The van der Waals surface area contributed by atoms with Crippen molar-refractivity contribution in [3.63, 3.8) is 0 Å². The van der Waals surface area contributed by atoms with Crippen molar-refractivity contribution < 1.29 is 9.53 Å². The number of ether oxygens (including phenoxy) is 1. The summed E-state index contributed by atoms with van der Waals surface area (Å²) in [6.07, 6.45) is 7.24. The summed E-state index contributed by atoms with van der Waals surface area (Å²) in [7, 11) is 1.59. The summed E-state index contributed by atoms with van der Waals surface area (Å²) >= 11 is 0. The Morgan fingerprint density at radius 2 is 1.78 bits per heavy atom. The van der Waals surface area contributed by atoms with E-state index in [0.717, 1.165) is 16.8 Å². The molecule has 1 aliphatic rings. The van der Waals surface area contributed by atoms with Gasteiger partial charge in [0.05, 0.1) is 30.5 Å². The molecule has 0 saturated heterocycles. The van der Waals surface area contributed by atoms with Gasteiger partial charge in [-0.2, -0.15) is 10.2 Å². The molecule has 1 unspecified atom stereocenters. The third-order valence-corrected chi connectivity index (χ3v) is 6.11. The lowest BCUT2D eigenvalue weighted by Gasteiger charge is -2.40. The van der Waals surface area contributed by atoms with Gasteiger partial charge in [-0.15, -0.1) is 6.42 Å². The number of carbonyl (C=O) groups is 1. The minimum Gasteiger partial charge on any atom is -0.497 e. The first-order valence-corrected chi connectivity index (χ1v) is 11.5. The number of hydrogen-bond acceptors (Lipinski definition) is 6. The summed E-state index contributed by atoms with van der Waals surface area (Å²) in [5, 5.41) is 12.6. The Kier molecular flexibility index (Phi) is 6.15. The first-order chi connectivity index (χ1) is 18.0. The monoisotopic (exact) mass is 486 g/mol. The van der Waals surface area contributed by atoms with E-state index in [2.05, 4.69) is 22.3 Å². The standard InChI is InChI=1S/C29H22N6O2/c1-4-20-7-5-9-22(15-20)32-28-31-18-26-19(2)34(23-11-13-25(37-3)14-12-23)29(36)35(27(26)33-28)24-10-6-8-21(16-24)17-30/h1,5-16,18-19H,2-3H3,(H,31,32,33). The number of terminal acetylenes is 1. The number of fused-ring (bicyclic) bond motifs is 1. The zero-order valence-corrected chi connectivity index (χ0v) is 20.2. The van der Waals surface area contributed by atoms with Crippen LogP contribution in [0, 0.1) is 23.7 Å². The molecule has 2 amide bonds. The quantitative estimate of drug-likeness (QED) is 0.352. The number of aromatic nitrogens is 2. The molecule has 37 heavy (non-hydrogen) atoms. The van der Waals surface area contributed by atoms with Gasteiger partial charge in [-0.25, -0.2) is 14.7 Å². The molecule has 1 aliphatic heterocycles. The topological polar surface area (TPSA) is 94.4 Å². The van der Waals surface area contributed by atoms with Crippen LogP contribution in [0.4, 0.5) is 33.6 Å². The van der Waals surface area contributed by atoms with Crippen molar-refractivity contribution in [1.29, 1.82) is 5.26 Å². The number of urea groups is 1. The molecular weight excluding hydrogens is 464 g/mol. The van der Waals surface area contributed by atoms with Crippen molar-refractivity contribution in [3.8, 4) is 24.2 Å². The van der Waals surface area contributed by atoms with E-state index in [1.807, 2.05) is 43.3 Å². The fourth-order valence-corrected chi connectivity index (χ4v) is 4.26. The SMILES string of the molecule is C#Cc1cccc(Nc2ncc3c(n2)N(c2cccc(C#N)c2)C(=O)N(c2ccc(OC)cc2)C3C)c1. The lowest BCUT2D eigenvalue weighted by molar-refractivity contribution is 0.250. The second kappa shape index (κ2) is 9.73. The number of nitrogens with zero attached hydrogens (tertiary/aromatic N) is 5. The number of benzene rings is 3. The number of carbonyl (C=O) groups excluding carboxylic acids is 1. The van der Waals surface area contributed by atoms with E-state index < -0.39 is 0 Å². The third-order valence-electron chi connectivity index (χ3n) is 6.11. The number of nitriles is 1. The lowest BCUT2D eigenvalue weighted by Crippen LogP contribution is -2.47. The highest BCUT2D eigenvalue weighted by Crippen LogP contribution is 2.42. The van der Waals surface area contributed by atoms with E-state index in [1.54, 1.807) is 54.6 Å². The molecule has 1 N–H and O–H groups in total. The lowest BCUT2D eigenvalue weighted by atomic mass is 10.0. The molecule has 4 aromatic rings. The molecule has 0 fully saturated rings. The minimum absolute atomic E-state index is 0.306. The summed E-state index contributed by atoms with van der Waals surface area (Å²) in [4.78, 5) is 26.5. The Morgan fingerprint density at radius 3 is 2.51 bits per heavy atom. The molecule has 0 aliphatic carbocycles. The van der Waals surface area contributed by atoms with Crippen LogP contribution < -0.4 is 19.9 Å². The van der Waals surface area contributed by atoms with Crippen molar-refractivity contribution in [3.05, 3.63) is 95.7 Å². The maximum absolute atomic E-state index is 14.0. The molecule has 180 valence electrons. The number of methoxy groups -OCH3 is 1. The van der Waals surface area contributed by atoms with Crippen LogP contribution >= 0.6 is 0 Å². The third kappa shape index (κ3) is 4.40. The molecule has 8 nitrogen and oxygen atoms in total. The van der Waals surface area contributed by atoms with Crippen LogP contribution in [0.15, 0.2) is 79.0 Å². The molecular formula is C29H22N6O2. The second-order valence-electron chi connectivity index (χ2n) is 8.35. The average molecular weight is 487 g/mol. The van der Waals surface area contributed by atoms with Gasteiger partial charge in [-0.3, -0.25) is 4.90 Å². The highest BCUT2D eigenvalue weighted by Gasteiger charge is 2.39. The van der Waals surface area contributed by atoms with Gasteiger partial charge in [0.1, 0.15) is 5.75 Å². The maximum atomic E-state index is 14.0. The van der Waals surface area contributed by atoms with Gasteiger partial charge >= 0.3 is 6.03 Å². The van der Waals surface area contributed by atoms with Gasteiger partial charge in [0.25, 0.3) is 0 Å². The molecule has 8 heteroatoms. The van der Waals surface area contributed by atoms with E-state index in [0.29, 0.717) is 34.5 Å². The summed E-state index contributed by atoms with van der Waals surface area (Å²) in [6, 6.07) is 23.0. The number of amides is 2. The molecule has 0 spiro atoms. The van der Waals surface area contributed by atoms with Crippen LogP contribution in [0.1, 0.15) is 29.7 Å². The Balaban J connectivity index is 1.62. The first-order valence-electron chi connectivity index (χ1n) is 11.5. The highest BCUT2D eigenvalue weighted by atomic mass is 16.5. The zero-order chi connectivity index (χ0) is 25.9. The maximum Gasteiger partial charge on any atom is 0.335 e. The normalized spacial score (nSPS) is 14.4. The molecule has 3 aromatic carbocycles. The van der Waals surface area contributed by atoms with Gasteiger partial charge in [-0.05, 0) is 67.6 Å². The van der Waals surface area contributed by atoms with Gasteiger partial charge in [0, 0.05) is 28.7 Å². The number of hydrogen-bond donors (Lipinski definition) is 1. The zero-order valence-electron chi connectivity index (χ0n) is 20.2. The Labute approximate surface area is 214 Å². The van der Waals surface area contributed by atoms with Crippen LogP contribution in [-0.4, -0.2) is 23.1 Å². The molecule has 0 saturated carbocycles. The minimum atomic E-state index is -0.356. The molecule has 0 bridgehead atoms. The molecule has 2 heterocycles. The van der Waals surface area contributed by atoms with Crippen LogP contribution in [-0.2, 0) is 0 Å². The molecule has 1 aromatic heterocycles. The average Bonchev–Trinajstić information content (AvgIpc) is 2.93. The van der Waals surface area contributed by atoms with Crippen molar-refractivity contribution in [1.82, 2.24) is 9.97 Å². The fraction of sp³-hybridized carbons (Fsp3) is 0.103. The number of nitrogens with one attached hydrogen (secondary N) is 1. The summed E-state index contributed by atoms with van der Waals surface area (Å²) in [5.74, 6) is 4.04. The smallest absolute Gasteiger partial charge is 0.335 e.